The van der Waals surface area contributed by atoms with Crippen LogP contribution in [0.2, 0.25) is 80.1 Å². The van der Waals surface area contributed by atoms with Crippen LogP contribution in [0.3, 0.4) is 0 Å². The molecule has 1 saturated heterocycles. The maximum atomic E-state index is 13.7. The number of hydrogen-bond donors (Lipinski definition) is 1. The van der Waals surface area contributed by atoms with E-state index in [1.54, 1.807) is 12.3 Å². The first-order valence-corrected chi connectivity index (χ1v) is 29.5. The van der Waals surface area contributed by atoms with Crippen molar-refractivity contribution in [3.8, 4) is 0 Å². The predicted molar refractivity (Wildman–Crippen MR) is 203 cm³/mol. The maximum absolute atomic E-state index is 13.7. The van der Waals surface area contributed by atoms with Crippen molar-refractivity contribution < 1.29 is 27.5 Å². The van der Waals surface area contributed by atoms with Gasteiger partial charge in [-0.15, -0.1) is 0 Å². The van der Waals surface area contributed by atoms with Crippen LogP contribution in [-0.4, -0.2) is 80.2 Å². The van der Waals surface area contributed by atoms with Crippen molar-refractivity contribution in [1.82, 2.24) is 9.55 Å². The molecule has 1 fully saturated rings. The highest BCUT2D eigenvalue weighted by molar-refractivity contribution is 6.76. The summed E-state index contributed by atoms with van der Waals surface area (Å²) in [6.07, 6.45) is -1.34. The van der Waals surface area contributed by atoms with E-state index in [2.05, 4.69) is 132 Å². The molecule has 14 heteroatoms. The number of carbonyl (C=O) groups is 1. The van der Waals surface area contributed by atoms with Crippen LogP contribution in [0, 0.1) is 0 Å². The van der Waals surface area contributed by atoms with Crippen LogP contribution in [0.1, 0.15) is 68.5 Å². The summed E-state index contributed by atoms with van der Waals surface area (Å²) in [6, 6.07) is 2.44. The van der Waals surface area contributed by atoms with Crippen molar-refractivity contribution in [1.29, 1.82) is 0 Å². The van der Waals surface area contributed by atoms with Gasteiger partial charge in [0.2, 0.25) is 0 Å². The van der Waals surface area contributed by atoms with Gasteiger partial charge in [0.15, 0.2) is 31.2 Å². The van der Waals surface area contributed by atoms with E-state index in [4.69, 9.17) is 22.8 Å². The first-order chi connectivity index (χ1) is 20.9. The molecule has 4 atom stereocenters. The van der Waals surface area contributed by atoms with Gasteiger partial charge in [-0.3, -0.25) is 9.88 Å². The Morgan fingerprint density at radius 3 is 1.77 bits per heavy atom. The molecule has 0 bridgehead atoms. The Morgan fingerprint density at radius 2 is 1.32 bits per heavy atom. The zero-order valence-corrected chi connectivity index (χ0v) is 36.8. The Balaban J connectivity index is 2.56. The zero-order chi connectivity index (χ0) is 36.6. The SMILES string of the molecule is CC(C)(C)[Si](C)(C)OC[C@H]1O[C@@H](n2ccc(NC(=O)OCC[Si](C)(C)C)nc2=O)[C@H](O[Si](C)(C)C(C)(C)C)[C@@H]1O[Si](C)(C)C(C)(C)C. The van der Waals surface area contributed by atoms with Crippen molar-refractivity contribution in [2.24, 2.45) is 0 Å². The Kier molecular flexibility index (Phi) is 13.1. The van der Waals surface area contributed by atoms with E-state index in [0.29, 0.717) is 13.2 Å². The van der Waals surface area contributed by atoms with Crippen molar-refractivity contribution in [2.75, 3.05) is 18.5 Å². The second kappa shape index (κ2) is 14.6. The molecule has 2 heterocycles. The Labute approximate surface area is 289 Å². The third-order valence-corrected chi connectivity index (χ3v) is 25.7. The average molecular weight is 730 g/mol. The Bertz CT molecular complexity index is 1270. The van der Waals surface area contributed by atoms with Gasteiger partial charge in [0.25, 0.3) is 0 Å². The van der Waals surface area contributed by atoms with Gasteiger partial charge in [-0.05, 0) is 66.5 Å². The van der Waals surface area contributed by atoms with Gasteiger partial charge in [-0.1, -0.05) is 82.0 Å². The van der Waals surface area contributed by atoms with Crippen LogP contribution in [0.5, 0.6) is 0 Å². The third kappa shape index (κ3) is 11.2. The van der Waals surface area contributed by atoms with Gasteiger partial charge in [-0.25, -0.2) is 9.59 Å². The molecule has 272 valence electrons. The number of nitrogens with zero attached hydrogens (tertiary/aromatic N) is 2. The van der Waals surface area contributed by atoms with Crippen molar-refractivity contribution in [3.63, 3.8) is 0 Å². The molecule has 1 aliphatic rings. The van der Waals surface area contributed by atoms with Crippen LogP contribution >= 0.6 is 0 Å². The van der Waals surface area contributed by atoms with Crippen molar-refractivity contribution in [3.05, 3.63) is 22.7 Å². The molecule has 10 nitrogen and oxygen atoms in total. The lowest BCUT2D eigenvalue weighted by molar-refractivity contribution is -0.0509. The molecule has 1 aromatic rings. The summed E-state index contributed by atoms with van der Waals surface area (Å²) < 4.78 is 34.6. The molecule has 0 radical (unpaired) electrons. The molecular formula is C33H67N3O7Si4. The van der Waals surface area contributed by atoms with Crippen molar-refractivity contribution in [2.45, 2.75) is 167 Å². The fourth-order valence-electron chi connectivity index (χ4n) is 4.14. The summed E-state index contributed by atoms with van der Waals surface area (Å²) in [7, 11) is -8.22. The van der Waals surface area contributed by atoms with E-state index in [0.717, 1.165) is 6.04 Å². The number of rotatable bonds is 12. The van der Waals surface area contributed by atoms with Crippen LogP contribution in [0.25, 0.3) is 0 Å². The second-order valence-corrected chi connectivity index (χ2v) is 38.8. The summed E-state index contributed by atoms with van der Waals surface area (Å²) in [4.78, 5) is 30.3. The minimum absolute atomic E-state index is 0.0113. The van der Waals surface area contributed by atoms with Gasteiger partial charge in [0.05, 0.1) is 13.2 Å². The molecule has 1 N–H and O–H groups in total. The summed E-state index contributed by atoms with van der Waals surface area (Å²) >= 11 is 0. The van der Waals surface area contributed by atoms with Crippen LogP contribution in [-0.2, 0) is 22.8 Å². The second-order valence-electron chi connectivity index (χ2n) is 18.9. The summed E-state index contributed by atoms with van der Waals surface area (Å²) in [6.45, 7) is 40.5. The standard InChI is InChI=1S/C33H67N3O7Si4/c1-31(2,3)45(13,14)40-23-24-26(42-46(15,16)32(4,5)6)27(43-47(17,18)33(7,8)9)28(41-24)36-20-19-25(34-29(36)37)35-30(38)39-21-22-44(10,11)12/h19-20,24,26-28H,21-23H2,1-18H3,(H,34,35,37,38)/t24-,26-,27-,28-/m1/s1. The van der Waals surface area contributed by atoms with Gasteiger partial charge >= 0.3 is 11.8 Å². The fourth-order valence-corrected chi connectivity index (χ4v) is 8.47. The van der Waals surface area contributed by atoms with Gasteiger partial charge in [0.1, 0.15) is 24.1 Å². The predicted octanol–water partition coefficient (Wildman–Crippen LogP) is 8.83. The normalized spacial score (nSPS) is 22.0. The van der Waals surface area contributed by atoms with Crippen LogP contribution in [0.15, 0.2) is 17.1 Å². The molecule has 0 saturated carbocycles. The van der Waals surface area contributed by atoms with Crippen LogP contribution in [0.4, 0.5) is 10.6 Å². The van der Waals surface area contributed by atoms with E-state index in [9.17, 15) is 9.59 Å². The third-order valence-electron chi connectivity index (χ3n) is 10.6. The number of aromatic nitrogens is 2. The fraction of sp³-hybridized carbons (Fsp3) is 0.848. The first-order valence-electron chi connectivity index (χ1n) is 17.1. The van der Waals surface area contributed by atoms with E-state index in [-0.39, 0.29) is 20.9 Å². The average Bonchev–Trinajstić information content (AvgIpc) is 3.15. The zero-order valence-electron chi connectivity index (χ0n) is 32.8. The molecular weight excluding hydrogens is 663 g/mol. The van der Waals surface area contributed by atoms with E-state index in [1.807, 2.05) is 0 Å². The molecule has 0 unspecified atom stereocenters. The van der Waals surface area contributed by atoms with E-state index >= 15 is 0 Å². The molecule has 2 rings (SSSR count). The summed E-state index contributed by atoms with van der Waals surface area (Å²) in [5.74, 6) is 0.121. The highest BCUT2D eigenvalue weighted by Crippen LogP contribution is 2.46. The van der Waals surface area contributed by atoms with Crippen LogP contribution < -0.4 is 11.0 Å². The molecule has 0 aromatic carbocycles. The topological polar surface area (TPSA) is 110 Å². The minimum atomic E-state index is -2.39. The monoisotopic (exact) mass is 729 g/mol. The lowest BCUT2D eigenvalue weighted by Crippen LogP contribution is -2.54. The molecule has 47 heavy (non-hydrogen) atoms. The first kappa shape index (κ1) is 42.0. The van der Waals surface area contributed by atoms with E-state index < -0.39 is 69.3 Å². The molecule has 1 aromatic heterocycles. The number of carbonyl (C=O) groups excluding carboxylic acids is 1. The lowest BCUT2D eigenvalue weighted by Gasteiger charge is -2.44. The molecule has 0 spiro atoms. The molecule has 0 aliphatic carbocycles. The maximum Gasteiger partial charge on any atom is 0.412 e. The summed E-state index contributed by atoms with van der Waals surface area (Å²) in [5.41, 5.74) is -0.559. The molecule has 1 amide bonds. The number of nitrogens with one attached hydrogen (secondary N) is 1. The van der Waals surface area contributed by atoms with Gasteiger partial charge in [-0.2, -0.15) is 4.98 Å². The van der Waals surface area contributed by atoms with Gasteiger partial charge < -0.3 is 22.8 Å². The Morgan fingerprint density at radius 1 is 0.830 bits per heavy atom. The smallest absolute Gasteiger partial charge is 0.412 e. The van der Waals surface area contributed by atoms with E-state index in [1.165, 1.54) is 4.57 Å². The van der Waals surface area contributed by atoms with Crippen molar-refractivity contribution >= 4 is 44.9 Å². The number of amides is 1. The highest BCUT2D eigenvalue weighted by atomic mass is 28.4. The number of hydrogen-bond acceptors (Lipinski definition) is 8. The number of anilines is 1. The number of ether oxygens (including phenoxy) is 2. The quantitative estimate of drug-likeness (QED) is 0.213. The minimum Gasteiger partial charge on any atom is -0.450 e. The molecule has 1 aliphatic heterocycles. The van der Waals surface area contributed by atoms with Gasteiger partial charge in [0, 0.05) is 14.3 Å². The summed E-state index contributed by atoms with van der Waals surface area (Å²) in [5, 5.41) is 2.46. The Hall–Kier alpha value is -1.14. The largest absolute Gasteiger partial charge is 0.450 e. The highest BCUT2D eigenvalue weighted by Gasteiger charge is 2.55. The lowest BCUT2D eigenvalue weighted by atomic mass is 10.1.